The summed E-state index contributed by atoms with van der Waals surface area (Å²) >= 11 is 0. The smallest absolute Gasteiger partial charge is 0.109 e. The van der Waals surface area contributed by atoms with Crippen LogP contribution in [0.3, 0.4) is 0 Å². The van der Waals surface area contributed by atoms with E-state index in [2.05, 4.69) is 49.0 Å². The number of hydrogen-bond acceptors (Lipinski definition) is 2. The van der Waals surface area contributed by atoms with Gasteiger partial charge in [-0.25, -0.2) is 4.98 Å². The van der Waals surface area contributed by atoms with Crippen molar-refractivity contribution in [3.8, 4) is 0 Å². The quantitative estimate of drug-likeness (QED) is 0.892. The topological polar surface area (TPSA) is 29.9 Å². The summed E-state index contributed by atoms with van der Waals surface area (Å²) in [5.41, 5.74) is 3.73. The molecule has 1 fully saturated rings. The molecule has 0 spiro atoms. The van der Waals surface area contributed by atoms with Crippen LogP contribution in [0.1, 0.15) is 38.1 Å². The molecular weight excluding hydrogens is 234 g/mol. The first-order chi connectivity index (χ1) is 9.13. The molecule has 102 valence electrons. The van der Waals surface area contributed by atoms with E-state index in [-0.39, 0.29) is 0 Å². The molecule has 0 atom stereocenters. The number of aryl methyl sites for hydroxylation is 1. The van der Waals surface area contributed by atoms with Crippen molar-refractivity contribution in [3.63, 3.8) is 0 Å². The van der Waals surface area contributed by atoms with Gasteiger partial charge in [-0.1, -0.05) is 19.9 Å². The van der Waals surface area contributed by atoms with Crippen molar-refractivity contribution < 1.29 is 0 Å². The summed E-state index contributed by atoms with van der Waals surface area (Å²) in [7, 11) is 2.13. The van der Waals surface area contributed by atoms with Gasteiger partial charge in [0.1, 0.15) is 5.82 Å². The number of rotatable bonds is 5. The first-order valence-corrected chi connectivity index (χ1v) is 7.31. The van der Waals surface area contributed by atoms with E-state index in [4.69, 9.17) is 4.98 Å². The van der Waals surface area contributed by atoms with Gasteiger partial charge in [0, 0.05) is 26.1 Å². The summed E-state index contributed by atoms with van der Waals surface area (Å²) in [4.78, 5) is 4.74. The molecule has 1 heterocycles. The van der Waals surface area contributed by atoms with E-state index >= 15 is 0 Å². The van der Waals surface area contributed by atoms with E-state index < -0.39 is 0 Å². The molecule has 0 aliphatic heterocycles. The molecule has 2 aromatic rings. The summed E-state index contributed by atoms with van der Waals surface area (Å²) in [5.74, 6) is 1.84. The number of aromatic nitrogens is 2. The Kier molecular flexibility index (Phi) is 3.31. The molecule has 1 aromatic heterocycles. The Morgan fingerprint density at radius 1 is 1.37 bits per heavy atom. The molecule has 1 aliphatic carbocycles. The highest BCUT2D eigenvalue weighted by Gasteiger charge is 2.20. The standard InChI is InChI=1S/C16H23N3/c1-11(2)8-16-18-14-7-4-12(9-15(14)19(16)3)10-17-13-5-6-13/h4,7,9,11,13,17H,5-6,8,10H2,1-3H3. The molecule has 19 heavy (non-hydrogen) atoms. The van der Waals surface area contributed by atoms with Crippen molar-refractivity contribution in [1.29, 1.82) is 0 Å². The lowest BCUT2D eigenvalue weighted by atomic mass is 10.1. The van der Waals surface area contributed by atoms with E-state index in [0.29, 0.717) is 5.92 Å². The number of fused-ring (bicyclic) bond motifs is 1. The largest absolute Gasteiger partial charge is 0.331 e. The van der Waals surface area contributed by atoms with Crippen LogP contribution in [0.4, 0.5) is 0 Å². The minimum Gasteiger partial charge on any atom is -0.331 e. The van der Waals surface area contributed by atoms with Crippen molar-refractivity contribution in [3.05, 3.63) is 29.6 Å². The van der Waals surface area contributed by atoms with Crippen LogP contribution < -0.4 is 5.32 Å². The lowest BCUT2D eigenvalue weighted by molar-refractivity contribution is 0.606. The first-order valence-electron chi connectivity index (χ1n) is 7.31. The van der Waals surface area contributed by atoms with Crippen LogP contribution in [0.5, 0.6) is 0 Å². The summed E-state index contributed by atoms with van der Waals surface area (Å²) in [6, 6.07) is 7.40. The summed E-state index contributed by atoms with van der Waals surface area (Å²) < 4.78 is 2.25. The third-order valence-electron chi connectivity index (χ3n) is 3.80. The maximum absolute atomic E-state index is 4.74. The van der Waals surface area contributed by atoms with Crippen LogP contribution in [0.15, 0.2) is 18.2 Å². The molecular formula is C16H23N3. The third-order valence-corrected chi connectivity index (χ3v) is 3.80. The van der Waals surface area contributed by atoms with Crippen LogP contribution in [-0.2, 0) is 20.0 Å². The predicted octanol–water partition coefficient (Wildman–Crippen LogP) is 3.02. The monoisotopic (exact) mass is 257 g/mol. The number of hydrogen-bond donors (Lipinski definition) is 1. The van der Waals surface area contributed by atoms with E-state index in [9.17, 15) is 0 Å². The van der Waals surface area contributed by atoms with Crippen molar-refractivity contribution in [1.82, 2.24) is 14.9 Å². The van der Waals surface area contributed by atoms with E-state index in [1.54, 1.807) is 0 Å². The first kappa shape index (κ1) is 12.7. The van der Waals surface area contributed by atoms with Crippen LogP contribution in [0.25, 0.3) is 11.0 Å². The molecule has 0 unspecified atom stereocenters. The molecule has 1 saturated carbocycles. The summed E-state index contributed by atoms with van der Waals surface area (Å²) in [6.45, 7) is 5.46. The van der Waals surface area contributed by atoms with Crippen LogP contribution >= 0.6 is 0 Å². The molecule has 1 N–H and O–H groups in total. The minimum atomic E-state index is 0.645. The van der Waals surface area contributed by atoms with Crippen molar-refractivity contribution in [2.24, 2.45) is 13.0 Å². The molecule has 0 radical (unpaired) electrons. The fourth-order valence-electron chi connectivity index (χ4n) is 2.49. The number of benzene rings is 1. The van der Waals surface area contributed by atoms with Crippen molar-refractivity contribution in [2.45, 2.75) is 45.7 Å². The highest BCUT2D eigenvalue weighted by atomic mass is 15.1. The fourth-order valence-corrected chi connectivity index (χ4v) is 2.49. The molecule has 1 aromatic carbocycles. The van der Waals surface area contributed by atoms with Gasteiger partial charge in [0.15, 0.2) is 0 Å². The third kappa shape index (κ3) is 2.81. The van der Waals surface area contributed by atoms with Gasteiger partial charge in [0.2, 0.25) is 0 Å². The summed E-state index contributed by atoms with van der Waals surface area (Å²) in [5, 5.41) is 3.57. The predicted molar refractivity (Wildman–Crippen MR) is 79.1 cm³/mol. The average molecular weight is 257 g/mol. The normalized spacial score (nSPS) is 15.6. The Labute approximate surface area is 115 Å². The van der Waals surface area contributed by atoms with Gasteiger partial charge >= 0.3 is 0 Å². The Morgan fingerprint density at radius 2 is 2.16 bits per heavy atom. The summed E-state index contributed by atoms with van der Waals surface area (Å²) in [6.07, 6.45) is 3.72. The number of nitrogens with zero attached hydrogens (tertiary/aromatic N) is 2. The molecule has 0 bridgehead atoms. The zero-order valence-corrected chi connectivity index (χ0v) is 12.1. The Bertz CT molecular complexity index is 579. The molecule has 1 aliphatic rings. The molecule has 3 rings (SSSR count). The zero-order chi connectivity index (χ0) is 13.4. The SMILES string of the molecule is CC(C)Cc1nc2ccc(CNC3CC3)cc2n1C. The fraction of sp³-hybridized carbons (Fsp3) is 0.562. The Hall–Kier alpha value is -1.35. The maximum Gasteiger partial charge on any atom is 0.109 e. The Morgan fingerprint density at radius 3 is 2.84 bits per heavy atom. The van der Waals surface area contributed by atoms with Crippen LogP contribution in [0, 0.1) is 5.92 Å². The van der Waals surface area contributed by atoms with Gasteiger partial charge in [-0.3, -0.25) is 0 Å². The second kappa shape index (κ2) is 4.97. The molecule has 0 saturated heterocycles. The van der Waals surface area contributed by atoms with E-state index in [0.717, 1.165) is 24.5 Å². The average Bonchev–Trinajstić information content (AvgIpc) is 3.15. The molecule has 3 heteroatoms. The van der Waals surface area contributed by atoms with Crippen LogP contribution in [-0.4, -0.2) is 15.6 Å². The van der Waals surface area contributed by atoms with Crippen molar-refractivity contribution >= 4 is 11.0 Å². The Balaban J connectivity index is 1.85. The lowest BCUT2D eigenvalue weighted by Crippen LogP contribution is -2.15. The lowest BCUT2D eigenvalue weighted by Gasteiger charge is -2.06. The van der Waals surface area contributed by atoms with E-state index in [1.165, 1.54) is 29.7 Å². The van der Waals surface area contributed by atoms with Crippen LogP contribution in [0.2, 0.25) is 0 Å². The second-order valence-corrected chi connectivity index (χ2v) is 6.16. The maximum atomic E-state index is 4.74. The van der Waals surface area contributed by atoms with E-state index in [1.807, 2.05) is 0 Å². The number of imidazole rings is 1. The van der Waals surface area contributed by atoms with Gasteiger partial charge in [-0.05, 0) is 36.5 Å². The second-order valence-electron chi connectivity index (χ2n) is 6.16. The van der Waals surface area contributed by atoms with Gasteiger partial charge in [0.05, 0.1) is 11.0 Å². The van der Waals surface area contributed by atoms with Gasteiger partial charge < -0.3 is 9.88 Å². The van der Waals surface area contributed by atoms with Gasteiger partial charge in [-0.15, -0.1) is 0 Å². The molecule has 0 amide bonds. The highest BCUT2D eigenvalue weighted by molar-refractivity contribution is 5.76. The van der Waals surface area contributed by atoms with Gasteiger partial charge in [0.25, 0.3) is 0 Å². The molecule has 3 nitrogen and oxygen atoms in total. The number of nitrogens with one attached hydrogen (secondary N) is 1. The zero-order valence-electron chi connectivity index (χ0n) is 12.1. The van der Waals surface area contributed by atoms with Crippen molar-refractivity contribution in [2.75, 3.05) is 0 Å². The highest BCUT2D eigenvalue weighted by Crippen LogP contribution is 2.21. The minimum absolute atomic E-state index is 0.645. The van der Waals surface area contributed by atoms with Gasteiger partial charge in [-0.2, -0.15) is 0 Å².